The van der Waals surface area contributed by atoms with Crippen LogP contribution >= 0.6 is 23.2 Å². The highest BCUT2D eigenvalue weighted by molar-refractivity contribution is 6.35. The fourth-order valence-electron chi connectivity index (χ4n) is 1.51. The molecule has 0 atom stereocenters. The molecular formula is C13H17Cl2NO2. The Balaban J connectivity index is 2.29. The van der Waals surface area contributed by atoms with Crippen molar-refractivity contribution >= 4 is 29.1 Å². The molecule has 1 aromatic carbocycles. The van der Waals surface area contributed by atoms with Crippen LogP contribution in [0.3, 0.4) is 0 Å². The molecule has 0 aliphatic rings. The Kier molecular flexibility index (Phi) is 7.09. The molecule has 1 aromatic rings. The monoisotopic (exact) mass is 289 g/mol. The van der Waals surface area contributed by atoms with Crippen LogP contribution in [0.15, 0.2) is 18.2 Å². The van der Waals surface area contributed by atoms with Crippen molar-refractivity contribution in [2.24, 2.45) is 0 Å². The van der Waals surface area contributed by atoms with Crippen LogP contribution in [0.2, 0.25) is 10.0 Å². The summed E-state index contributed by atoms with van der Waals surface area (Å²) in [7, 11) is 1.64. The van der Waals surface area contributed by atoms with Gasteiger partial charge < -0.3 is 10.1 Å². The second kappa shape index (κ2) is 8.35. The molecule has 1 N–H and O–H groups in total. The Labute approximate surface area is 117 Å². The smallest absolute Gasteiger partial charge is 0.220 e. The molecule has 0 aromatic heterocycles. The normalized spacial score (nSPS) is 10.4. The van der Waals surface area contributed by atoms with Crippen LogP contribution in [-0.4, -0.2) is 26.2 Å². The van der Waals surface area contributed by atoms with Gasteiger partial charge in [-0.25, -0.2) is 0 Å². The second-order valence-corrected chi connectivity index (χ2v) is 4.78. The van der Waals surface area contributed by atoms with Gasteiger partial charge in [0.15, 0.2) is 0 Å². The lowest BCUT2D eigenvalue weighted by molar-refractivity contribution is -0.121. The van der Waals surface area contributed by atoms with Crippen molar-refractivity contribution < 1.29 is 9.53 Å². The minimum atomic E-state index is 0.0251. The Morgan fingerprint density at radius 2 is 2.17 bits per heavy atom. The van der Waals surface area contributed by atoms with Crippen LogP contribution in [0.25, 0.3) is 0 Å². The van der Waals surface area contributed by atoms with E-state index in [0.717, 1.165) is 12.0 Å². The highest BCUT2D eigenvalue weighted by Gasteiger charge is 2.05. The molecular weight excluding hydrogens is 273 g/mol. The van der Waals surface area contributed by atoms with Gasteiger partial charge in [0.1, 0.15) is 0 Å². The average Bonchev–Trinajstić information content (AvgIpc) is 2.33. The fourth-order valence-corrected chi connectivity index (χ4v) is 2.01. The Bertz CT molecular complexity index is 397. The lowest BCUT2D eigenvalue weighted by Crippen LogP contribution is -2.25. The first kappa shape index (κ1) is 15.3. The minimum Gasteiger partial charge on any atom is -0.385 e. The molecule has 0 aliphatic carbocycles. The highest BCUT2D eigenvalue weighted by Crippen LogP contribution is 2.21. The van der Waals surface area contributed by atoms with Crippen molar-refractivity contribution in [2.75, 3.05) is 20.3 Å². The molecule has 0 aliphatic heterocycles. The van der Waals surface area contributed by atoms with Crippen molar-refractivity contribution in [3.05, 3.63) is 33.8 Å². The molecule has 0 heterocycles. The van der Waals surface area contributed by atoms with E-state index in [0.29, 0.717) is 36.0 Å². The van der Waals surface area contributed by atoms with Crippen molar-refractivity contribution in [3.63, 3.8) is 0 Å². The predicted molar refractivity (Wildman–Crippen MR) is 74.3 cm³/mol. The standard InChI is InChI=1S/C13H17Cl2NO2/c1-18-8-2-7-16-13(17)6-4-10-3-5-11(14)9-12(10)15/h3,5,9H,2,4,6-8H2,1H3,(H,16,17). The number of carbonyl (C=O) groups is 1. The van der Waals surface area contributed by atoms with Crippen LogP contribution in [0.4, 0.5) is 0 Å². The zero-order valence-electron chi connectivity index (χ0n) is 10.3. The number of aryl methyl sites for hydroxylation is 1. The van der Waals surface area contributed by atoms with Crippen molar-refractivity contribution in [3.8, 4) is 0 Å². The topological polar surface area (TPSA) is 38.3 Å². The largest absolute Gasteiger partial charge is 0.385 e. The average molecular weight is 290 g/mol. The van der Waals surface area contributed by atoms with E-state index >= 15 is 0 Å². The van der Waals surface area contributed by atoms with Gasteiger partial charge in [-0.2, -0.15) is 0 Å². The van der Waals surface area contributed by atoms with Gasteiger partial charge in [-0.3, -0.25) is 4.79 Å². The SMILES string of the molecule is COCCCNC(=O)CCc1ccc(Cl)cc1Cl. The zero-order valence-corrected chi connectivity index (χ0v) is 11.9. The molecule has 5 heteroatoms. The van der Waals surface area contributed by atoms with Gasteiger partial charge in [-0.15, -0.1) is 0 Å². The molecule has 0 fully saturated rings. The summed E-state index contributed by atoms with van der Waals surface area (Å²) in [4.78, 5) is 11.5. The number of methoxy groups -OCH3 is 1. The summed E-state index contributed by atoms with van der Waals surface area (Å²) in [5.74, 6) is 0.0251. The van der Waals surface area contributed by atoms with Gasteiger partial charge in [-0.1, -0.05) is 29.3 Å². The first-order chi connectivity index (χ1) is 8.63. The quantitative estimate of drug-likeness (QED) is 0.784. The van der Waals surface area contributed by atoms with Crippen molar-refractivity contribution in [1.29, 1.82) is 0 Å². The lowest BCUT2D eigenvalue weighted by Gasteiger charge is -2.06. The number of hydrogen-bond acceptors (Lipinski definition) is 2. The summed E-state index contributed by atoms with van der Waals surface area (Å²) in [6, 6.07) is 5.32. The third-order valence-electron chi connectivity index (χ3n) is 2.48. The first-order valence-corrected chi connectivity index (χ1v) is 6.58. The molecule has 0 bridgehead atoms. The summed E-state index contributed by atoms with van der Waals surface area (Å²) in [5, 5.41) is 4.04. The molecule has 1 amide bonds. The van der Waals surface area contributed by atoms with E-state index in [1.165, 1.54) is 0 Å². The highest BCUT2D eigenvalue weighted by atomic mass is 35.5. The van der Waals surface area contributed by atoms with Crippen LogP contribution in [-0.2, 0) is 16.0 Å². The molecule has 0 saturated heterocycles. The number of carbonyl (C=O) groups excluding carboxylic acids is 1. The van der Waals surface area contributed by atoms with Gasteiger partial charge in [0.25, 0.3) is 0 Å². The third-order valence-corrected chi connectivity index (χ3v) is 3.07. The summed E-state index contributed by atoms with van der Waals surface area (Å²) in [6.07, 6.45) is 1.87. The van der Waals surface area contributed by atoms with E-state index in [1.54, 1.807) is 19.2 Å². The van der Waals surface area contributed by atoms with Crippen LogP contribution < -0.4 is 5.32 Å². The molecule has 100 valence electrons. The number of ether oxygens (including phenoxy) is 1. The molecule has 0 saturated carbocycles. The van der Waals surface area contributed by atoms with Gasteiger partial charge >= 0.3 is 0 Å². The number of benzene rings is 1. The van der Waals surface area contributed by atoms with E-state index in [2.05, 4.69) is 5.32 Å². The summed E-state index contributed by atoms with van der Waals surface area (Å²) in [5.41, 5.74) is 0.938. The van der Waals surface area contributed by atoms with Crippen molar-refractivity contribution in [1.82, 2.24) is 5.32 Å². The van der Waals surface area contributed by atoms with E-state index in [1.807, 2.05) is 6.07 Å². The molecule has 0 spiro atoms. The first-order valence-electron chi connectivity index (χ1n) is 5.83. The van der Waals surface area contributed by atoms with Gasteiger partial charge in [0.2, 0.25) is 5.91 Å². The van der Waals surface area contributed by atoms with E-state index < -0.39 is 0 Å². The Morgan fingerprint density at radius 3 is 2.83 bits per heavy atom. The molecule has 3 nitrogen and oxygen atoms in total. The van der Waals surface area contributed by atoms with Crippen LogP contribution in [0.5, 0.6) is 0 Å². The fraction of sp³-hybridized carbons (Fsp3) is 0.462. The summed E-state index contributed by atoms with van der Waals surface area (Å²) >= 11 is 11.8. The number of rotatable bonds is 7. The van der Waals surface area contributed by atoms with Gasteiger partial charge in [0, 0.05) is 36.7 Å². The van der Waals surface area contributed by atoms with E-state index in [-0.39, 0.29) is 5.91 Å². The molecule has 1 rings (SSSR count). The maximum Gasteiger partial charge on any atom is 0.220 e. The Hall–Kier alpha value is -0.770. The predicted octanol–water partition coefficient (Wildman–Crippen LogP) is 3.08. The van der Waals surface area contributed by atoms with E-state index in [9.17, 15) is 4.79 Å². The molecule has 18 heavy (non-hydrogen) atoms. The maximum atomic E-state index is 11.5. The molecule has 0 unspecified atom stereocenters. The molecule has 0 radical (unpaired) electrons. The zero-order chi connectivity index (χ0) is 13.4. The summed E-state index contributed by atoms with van der Waals surface area (Å²) < 4.78 is 4.90. The summed E-state index contributed by atoms with van der Waals surface area (Å²) in [6.45, 7) is 1.30. The van der Waals surface area contributed by atoms with E-state index in [4.69, 9.17) is 27.9 Å². The Morgan fingerprint density at radius 1 is 1.39 bits per heavy atom. The van der Waals surface area contributed by atoms with Crippen LogP contribution in [0.1, 0.15) is 18.4 Å². The number of amides is 1. The third kappa shape index (κ3) is 5.71. The maximum absolute atomic E-state index is 11.5. The number of halogens is 2. The van der Waals surface area contributed by atoms with Crippen molar-refractivity contribution in [2.45, 2.75) is 19.3 Å². The number of hydrogen-bond donors (Lipinski definition) is 1. The lowest BCUT2D eigenvalue weighted by atomic mass is 10.1. The van der Waals surface area contributed by atoms with Gasteiger partial charge in [0.05, 0.1) is 0 Å². The van der Waals surface area contributed by atoms with Crippen LogP contribution in [0, 0.1) is 0 Å². The second-order valence-electron chi connectivity index (χ2n) is 3.93. The number of nitrogens with one attached hydrogen (secondary N) is 1. The van der Waals surface area contributed by atoms with Gasteiger partial charge in [-0.05, 0) is 30.5 Å². The minimum absolute atomic E-state index is 0.0251.